The Hall–Kier alpha value is -1.18. The van der Waals surface area contributed by atoms with Crippen molar-refractivity contribution < 1.29 is 9.84 Å². The number of hydrogen-bond donors (Lipinski definition) is 1. The van der Waals surface area contributed by atoms with Gasteiger partial charge in [0.05, 0.1) is 6.10 Å². The van der Waals surface area contributed by atoms with Crippen molar-refractivity contribution in [2.45, 2.75) is 59.0 Å². The summed E-state index contributed by atoms with van der Waals surface area (Å²) < 4.78 is 5.89. The third-order valence-corrected chi connectivity index (χ3v) is 3.57. The molecule has 1 aliphatic heterocycles. The Bertz CT molecular complexity index is 441. The van der Waals surface area contributed by atoms with E-state index in [1.54, 1.807) is 0 Å². The fourth-order valence-corrected chi connectivity index (χ4v) is 2.43. The molecule has 0 aromatic heterocycles. The predicted molar refractivity (Wildman–Crippen MR) is 70.0 cm³/mol. The highest BCUT2D eigenvalue weighted by molar-refractivity contribution is 5.55. The first-order valence-electron chi connectivity index (χ1n) is 6.33. The van der Waals surface area contributed by atoms with Crippen LogP contribution in [-0.4, -0.2) is 11.2 Å². The molecule has 0 aliphatic carbocycles. The number of ether oxygens (including phenoxy) is 1. The maximum Gasteiger partial charge on any atom is 0.123 e. The zero-order chi connectivity index (χ0) is 12.8. The number of hydrogen-bond acceptors (Lipinski definition) is 2. The van der Waals surface area contributed by atoms with Crippen molar-refractivity contribution in [2.75, 3.05) is 0 Å². The first kappa shape index (κ1) is 12.3. The maximum absolute atomic E-state index is 10.3. The first-order chi connectivity index (χ1) is 7.80. The second kappa shape index (κ2) is 3.94. The average molecular weight is 234 g/mol. The molecule has 0 amide bonds. The largest absolute Gasteiger partial charge is 0.507 e. The topological polar surface area (TPSA) is 29.5 Å². The third-order valence-electron chi connectivity index (χ3n) is 3.57. The zero-order valence-corrected chi connectivity index (χ0v) is 11.4. The lowest BCUT2D eigenvalue weighted by molar-refractivity contribution is 0.191. The third kappa shape index (κ3) is 2.13. The molecule has 0 radical (unpaired) electrons. The molecule has 0 spiro atoms. The normalized spacial score (nSPS) is 19.7. The van der Waals surface area contributed by atoms with Crippen molar-refractivity contribution in [3.63, 3.8) is 0 Å². The van der Waals surface area contributed by atoms with Gasteiger partial charge in [0, 0.05) is 11.1 Å². The van der Waals surface area contributed by atoms with Crippen LogP contribution in [0.1, 0.15) is 50.8 Å². The summed E-state index contributed by atoms with van der Waals surface area (Å²) in [6.07, 6.45) is 2.31. The summed E-state index contributed by atoms with van der Waals surface area (Å²) in [5, 5.41) is 10.3. The van der Waals surface area contributed by atoms with E-state index in [1.807, 2.05) is 13.0 Å². The van der Waals surface area contributed by atoms with Gasteiger partial charge in [0.2, 0.25) is 0 Å². The van der Waals surface area contributed by atoms with Crippen LogP contribution in [-0.2, 0) is 11.8 Å². The number of rotatable bonds is 0. The zero-order valence-electron chi connectivity index (χ0n) is 11.4. The smallest absolute Gasteiger partial charge is 0.123 e. The molecule has 1 aromatic rings. The van der Waals surface area contributed by atoms with Crippen LogP contribution in [0, 0.1) is 6.92 Å². The van der Waals surface area contributed by atoms with Crippen molar-refractivity contribution in [3.8, 4) is 11.5 Å². The molecule has 0 saturated carbocycles. The van der Waals surface area contributed by atoms with Crippen LogP contribution in [0.15, 0.2) is 6.07 Å². The van der Waals surface area contributed by atoms with E-state index in [2.05, 4.69) is 27.7 Å². The van der Waals surface area contributed by atoms with Crippen molar-refractivity contribution in [3.05, 3.63) is 22.8 Å². The van der Waals surface area contributed by atoms with E-state index in [0.29, 0.717) is 5.75 Å². The summed E-state index contributed by atoms with van der Waals surface area (Å²) in [6.45, 7) is 10.4. The Balaban J connectivity index is 2.59. The molecule has 1 N–H and O–H groups in total. The van der Waals surface area contributed by atoms with Crippen molar-refractivity contribution in [1.82, 2.24) is 0 Å². The highest BCUT2D eigenvalue weighted by Gasteiger charge is 2.26. The fraction of sp³-hybridized carbons (Fsp3) is 0.600. The van der Waals surface area contributed by atoms with Gasteiger partial charge < -0.3 is 9.84 Å². The minimum Gasteiger partial charge on any atom is -0.507 e. The van der Waals surface area contributed by atoms with E-state index in [0.717, 1.165) is 29.7 Å². The second-order valence-corrected chi connectivity index (χ2v) is 6.09. The Morgan fingerprint density at radius 1 is 1.35 bits per heavy atom. The van der Waals surface area contributed by atoms with Crippen LogP contribution in [0.3, 0.4) is 0 Å². The lowest BCUT2D eigenvalue weighted by Gasteiger charge is -2.29. The van der Waals surface area contributed by atoms with Gasteiger partial charge in [0.25, 0.3) is 0 Å². The van der Waals surface area contributed by atoms with Gasteiger partial charge in [-0.15, -0.1) is 0 Å². The summed E-state index contributed by atoms with van der Waals surface area (Å²) in [6, 6.07) is 2.02. The minimum absolute atomic E-state index is 0.0616. The molecule has 1 aromatic carbocycles. The maximum atomic E-state index is 10.3. The minimum atomic E-state index is -0.0616. The highest BCUT2D eigenvalue weighted by Crippen LogP contribution is 2.41. The molecule has 2 heteroatoms. The monoisotopic (exact) mass is 234 g/mol. The molecule has 2 nitrogen and oxygen atoms in total. The molecule has 2 rings (SSSR count). The molecule has 1 atom stereocenters. The molecule has 0 bridgehead atoms. The van der Waals surface area contributed by atoms with Gasteiger partial charge in [0.1, 0.15) is 11.5 Å². The van der Waals surface area contributed by atoms with E-state index >= 15 is 0 Å². The number of fused-ring (bicyclic) bond motifs is 1. The van der Waals surface area contributed by atoms with E-state index in [4.69, 9.17) is 4.74 Å². The predicted octanol–water partition coefficient (Wildman–Crippen LogP) is 3.71. The van der Waals surface area contributed by atoms with Gasteiger partial charge in [-0.2, -0.15) is 0 Å². The fourth-order valence-electron chi connectivity index (χ4n) is 2.43. The van der Waals surface area contributed by atoms with Gasteiger partial charge in [-0.25, -0.2) is 0 Å². The summed E-state index contributed by atoms with van der Waals surface area (Å²) in [5.74, 6) is 1.40. The Morgan fingerprint density at radius 2 is 2.00 bits per heavy atom. The molecular formula is C15H22O2. The van der Waals surface area contributed by atoms with Gasteiger partial charge in [-0.1, -0.05) is 20.8 Å². The molecular weight excluding hydrogens is 212 g/mol. The van der Waals surface area contributed by atoms with Crippen LogP contribution >= 0.6 is 0 Å². The standard InChI is InChI=1S/C15H22O2/c1-9-6-7-11-10(2)14(16)12(15(3,4)5)8-13(11)17-9/h8-9,16H,6-7H2,1-5H3. The summed E-state index contributed by atoms with van der Waals surface area (Å²) in [7, 11) is 0. The molecule has 1 heterocycles. The van der Waals surface area contributed by atoms with Crippen LogP contribution in [0.5, 0.6) is 11.5 Å². The molecule has 17 heavy (non-hydrogen) atoms. The van der Waals surface area contributed by atoms with Gasteiger partial charge in [-0.3, -0.25) is 0 Å². The quantitative estimate of drug-likeness (QED) is 0.741. The van der Waals surface area contributed by atoms with Crippen molar-refractivity contribution in [1.29, 1.82) is 0 Å². The SMILES string of the molecule is Cc1c(O)c(C(C)(C)C)cc2c1CCC(C)O2. The molecule has 1 aliphatic rings. The van der Waals surface area contributed by atoms with Crippen LogP contribution in [0.4, 0.5) is 0 Å². The van der Waals surface area contributed by atoms with E-state index < -0.39 is 0 Å². The average Bonchev–Trinajstić information content (AvgIpc) is 2.21. The lowest BCUT2D eigenvalue weighted by atomic mass is 9.83. The van der Waals surface area contributed by atoms with Gasteiger partial charge >= 0.3 is 0 Å². The van der Waals surface area contributed by atoms with Gasteiger partial charge in [-0.05, 0) is 43.7 Å². The van der Waals surface area contributed by atoms with Crippen molar-refractivity contribution >= 4 is 0 Å². The number of aromatic hydroxyl groups is 1. The molecule has 94 valence electrons. The van der Waals surface area contributed by atoms with Gasteiger partial charge in [0.15, 0.2) is 0 Å². The Kier molecular flexibility index (Phi) is 2.84. The number of benzene rings is 1. The molecule has 0 fully saturated rings. The first-order valence-corrected chi connectivity index (χ1v) is 6.33. The second-order valence-electron chi connectivity index (χ2n) is 6.09. The van der Waals surface area contributed by atoms with Crippen LogP contribution in [0.25, 0.3) is 0 Å². The lowest BCUT2D eigenvalue weighted by Crippen LogP contribution is -2.21. The van der Waals surface area contributed by atoms with Crippen molar-refractivity contribution in [2.24, 2.45) is 0 Å². The molecule has 1 unspecified atom stereocenters. The highest BCUT2D eigenvalue weighted by atomic mass is 16.5. The summed E-state index contributed by atoms with van der Waals surface area (Å²) in [4.78, 5) is 0. The molecule has 0 saturated heterocycles. The van der Waals surface area contributed by atoms with E-state index in [9.17, 15) is 5.11 Å². The van der Waals surface area contributed by atoms with Crippen LogP contribution < -0.4 is 4.74 Å². The summed E-state index contributed by atoms with van der Waals surface area (Å²) >= 11 is 0. The Labute approximate surface area is 104 Å². The van der Waals surface area contributed by atoms with E-state index in [-0.39, 0.29) is 11.5 Å². The Morgan fingerprint density at radius 3 is 2.59 bits per heavy atom. The van der Waals surface area contributed by atoms with E-state index in [1.165, 1.54) is 5.56 Å². The van der Waals surface area contributed by atoms with Crippen LogP contribution in [0.2, 0.25) is 0 Å². The number of phenols is 1. The summed E-state index contributed by atoms with van der Waals surface area (Å²) in [5.41, 5.74) is 3.07. The number of phenolic OH excluding ortho intramolecular Hbond substituents is 1.